The number of nitrogens with zero attached hydrogens (tertiary/aromatic N) is 2. The van der Waals surface area contributed by atoms with E-state index in [1.165, 1.54) is 12.1 Å². The number of phenols is 2. The van der Waals surface area contributed by atoms with Gasteiger partial charge in [0, 0.05) is 7.05 Å². The van der Waals surface area contributed by atoms with Crippen LogP contribution in [-0.2, 0) is 7.05 Å². The summed E-state index contributed by atoms with van der Waals surface area (Å²) in [6, 6.07) is 2.89. The van der Waals surface area contributed by atoms with E-state index in [1.807, 2.05) is 6.92 Å². The van der Waals surface area contributed by atoms with Crippen molar-refractivity contribution in [3.05, 3.63) is 18.0 Å². The Labute approximate surface area is 75.1 Å². The van der Waals surface area contributed by atoms with Crippen molar-refractivity contribution in [2.45, 2.75) is 6.92 Å². The topological polar surface area (TPSA) is 58.3 Å². The van der Waals surface area contributed by atoms with E-state index < -0.39 is 0 Å². The highest BCUT2D eigenvalue weighted by atomic mass is 16.3. The summed E-state index contributed by atoms with van der Waals surface area (Å²) in [5.41, 5.74) is 1.01. The van der Waals surface area contributed by atoms with Crippen LogP contribution in [0.2, 0.25) is 0 Å². The van der Waals surface area contributed by atoms with Gasteiger partial charge in [-0.1, -0.05) is 0 Å². The first-order valence-corrected chi connectivity index (χ1v) is 3.95. The van der Waals surface area contributed by atoms with E-state index in [2.05, 4.69) is 4.98 Å². The molecule has 0 bridgehead atoms. The van der Waals surface area contributed by atoms with E-state index in [0.29, 0.717) is 11.0 Å². The van der Waals surface area contributed by atoms with Crippen molar-refractivity contribution in [1.29, 1.82) is 0 Å². The molecule has 0 fully saturated rings. The lowest BCUT2D eigenvalue weighted by Gasteiger charge is -1.99. The average molecular weight is 178 g/mol. The van der Waals surface area contributed by atoms with Gasteiger partial charge in [-0.05, 0) is 19.1 Å². The summed E-state index contributed by atoms with van der Waals surface area (Å²) in [6.07, 6.45) is 0. The first-order chi connectivity index (χ1) is 6.11. The normalized spacial score (nSPS) is 10.9. The zero-order valence-electron chi connectivity index (χ0n) is 7.44. The maximum absolute atomic E-state index is 9.52. The van der Waals surface area contributed by atoms with Gasteiger partial charge in [-0.15, -0.1) is 0 Å². The van der Waals surface area contributed by atoms with Crippen molar-refractivity contribution in [1.82, 2.24) is 9.55 Å². The highest BCUT2D eigenvalue weighted by molar-refractivity contribution is 5.87. The third-order valence-electron chi connectivity index (χ3n) is 2.20. The molecule has 4 nitrogen and oxygen atoms in total. The Morgan fingerprint density at radius 3 is 2.46 bits per heavy atom. The largest absolute Gasteiger partial charge is 0.506 e. The molecule has 0 aliphatic rings. The molecule has 2 aromatic rings. The van der Waals surface area contributed by atoms with Crippen LogP contribution in [0.4, 0.5) is 0 Å². The van der Waals surface area contributed by atoms with Crippen LogP contribution < -0.4 is 0 Å². The third-order valence-corrected chi connectivity index (χ3v) is 2.20. The summed E-state index contributed by atoms with van der Waals surface area (Å²) >= 11 is 0. The lowest BCUT2D eigenvalue weighted by atomic mass is 10.2. The minimum absolute atomic E-state index is 0.0940. The molecule has 13 heavy (non-hydrogen) atoms. The number of fused-ring (bicyclic) bond motifs is 1. The maximum Gasteiger partial charge on any atom is 0.143 e. The van der Waals surface area contributed by atoms with Gasteiger partial charge >= 0.3 is 0 Å². The Morgan fingerprint density at radius 2 is 1.85 bits per heavy atom. The molecule has 68 valence electrons. The first kappa shape index (κ1) is 7.91. The molecule has 0 radical (unpaired) electrons. The van der Waals surface area contributed by atoms with E-state index in [0.717, 1.165) is 5.82 Å². The fourth-order valence-corrected chi connectivity index (χ4v) is 1.40. The lowest BCUT2D eigenvalue weighted by Crippen LogP contribution is -1.90. The molecule has 0 spiro atoms. The van der Waals surface area contributed by atoms with E-state index in [9.17, 15) is 10.2 Å². The second-order valence-corrected chi connectivity index (χ2v) is 3.02. The molecule has 0 unspecified atom stereocenters. The molecule has 0 atom stereocenters. The molecule has 0 aliphatic carbocycles. The third kappa shape index (κ3) is 0.950. The van der Waals surface area contributed by atoms with Crippen molar-refractivity contribution in [3.63, 3.8) is 0 Å². The Balaban J connectivity index is 3.00. The SMILES string of the molecule is Cc1nc2c(O)ccc(O)c2n1C. The number of aromatic nitrogens is 2. The van der Waals surface area contributed by atoms with Crippen LogP contribution in [0, 0.1) is 6.92 Å². The molecule has 0 amide bonds. The molecule has 2 rings (SSSR count). The number of rotatable bonds is 0. The van der Waals surface area contributed by atoms with Crippen LogP contribution in [0.25, 0.3) is 11.0 Å². The maximum atomic E-state index is 9.52. The van der Waals surface area contributed by atoms with Gasteiger partial charge in [0.1, 0.15) is 28.4 Å². The van der Waals surface area contributed by atoms with Gasteiger partial charge in [0.2, 0.25) is 0 Å². The van der Waals surface area contributed by atoms with Gasteiger partial charge in [-0.2, -0.15) is 0 Å². The highest BCUT2D eigenvalue weighted by Gasteiger charge is 2.11. The fraction of sp³-hybridized carbons (Fsp3) is 0.222. The van der Waals surface area contributed by atoms with Gasteiger partial charge in [0.15, 0.2) is 0 Å². The minimum Gasteiger partial charge on any atom is -0.506 e. The smallest absolute Gasteiger partial charge is 0.143 e. The molecular weight excluding hydrogens is 168 g/mol. The minimum atomic E-state index is 0.0940. The zero-order chi connectivity index (χ0) is 9.59. The van der Waals surface area contributed by atoms with Gasteiger partial charge in [0.05, 0.1) is 0 Å². The molecule has 4 heteroatoms. The van der Waals surface area contributed by atoms with Crippen LogP contribution in [0.15, 0.2) is 12.1 Å². The number of hydrogen-bond acceptors (Lipinski definition) is 3. The van der Waals surface area contributed by atoms with Gasteiger partial charge in [-0.3, -0.25) is 0 Å². The predicted molar refractivity (Wildman–Crippen MR) is 48.8 cm³/mol. The van der Waals surface area contributed by atoms with E-state index in [1.54, 1.807) is 11.6 Å². The van der Waals surface area contributed by atoms with Crippen molar-refractivity contribution < 1.29 is 10.2 Å². The van der Waals surface area contributed by atoms with Crippen molar-refractivity contribution >= 4 is 11.0 Å². The second-order valence-electron chi connectivity index (χ2n) is 3.02. The highest BCUT2D eigenvalue weighted by Crippen LogP contribution is 2.30. The molecule has 0 aliphatic heterocycles. The van der Waals surface area contributed by atoms with Gasteiger partial charge in [-0.25, -0.2) is 4.98 Å². The van der Waals surface area contributed by atoms with Crippen LogP contribution >= 0.6 is 0 Å². The number of aryl methyl sites for hydroxylation is 2. The first-order valence-electron chi connectivity index (χ1n) is 3.95. The molecule has 0 saturated heterocycles. The lowest BCUT2D eigenvalue weighted by molar-refractivity contribution is 0.467. The van der Waals surface area contributed by atoms with E-state index in [-0.39, 0.29) is 11.5 Å². The molecule has 1 aromatic heterocycles. The summed E-state index contributed by atoms with van der Waals surface area (Å²) in [4.78, 5) is 4.13. The number of hydrogen-bond donors (Lipinski definition) is 2. The summed E-state index contributed by atoms with van der Waals surface area (Å²) in [6.45, 7) is 1.82. The predicted octanol–water partition coefficient (Wildman–Crippen LogP) is 1.29. The molecule has 2 N–H and O–H groups in total. The quantitative estimate of drug-likeness (QED) is 0.597. The van der Waals surface area contributed by atoms with Crippen molar-refractivity contribution in [2.24, 2.45) is 7.05 Å². The molecular formula is C9H10N2O2. The Hall–Kier alpha value is -1.71. The van der Waals surface area contributed by atoms with Crippen LogP contribution in [-0.4, -0.2) is 19.8 Å². The number of phenolic OH excluding ortho intramolecular Hbond substituents is 2. The standard InChI is InChI=1S/C9H10N2O2/c1-5-10-8-6(12)3-4-7(13)9(8)11(5)2/h3-4,12-13H,1-2H3. The van der Waals surface area contributed by atoms with E-state index >= 15 is 0 Å². The van der Waals surface area contributed by atoms with Crippen LogP contribution in [0.5, 0.6) is 11.5 Å². The Bertz CT molecular complexity index is 474. The van der Waals surface area contributed by atoms with Crippen molar-refractivity contribution in [2.75, 3.05) is 0 Å². The van der Waals surface area contributed by atoms with Gasteiger partial charge < -0.3 is 14.8 Å². The fourth-order valence-electron chi connectivity index (χ4n) is 1.40. The van der Waals surface area contributed by atoms with Crippen LogP contribution in [0.1, 0.15) is 5.82 Å². The summed E-state index contributed by atoms with van der Waals surface area (Å²) in [5, 5.41) is 19.0. The summed E-state index contributed by atoms with van der Waals surface area (Å²) in [5.74, 6) is 0.985. The van der Waals surface area contributed by atoms with Crippen molar-refractivity contribution in [3.8, 4) is 11.5 Å². The summed E-state index contributed by atoms with van der Waals surface area (Å²) in [7, 11) is 1.80. The van der Waals surface area contributed by atoms with E-state index in [4.69, 9.17) is 0 Å². The molecule has 0 saturated carbocycles. The Morgan fingerprint density at radius 1 is 1.23 bits per heavy atom. The Kier molecular flexibility index (Phi) is 1.45. The monoisotopic (exact) mass is 178 g/mol. The molecule has 1 aromatic carbocycles. The molecule has 1 heterocycles. The number of aromatic hydroxyl groups is 2. The average Bonchev–Trinajstić information content (AvgIpc) is 2.38. The summed E-state index contributed by atoms with van der Waals surface area (Å²) < 4.78 is 1.74. The number of benzene rings is 1. The van der Waals surface area contributed by atoms with Gasteiger partial charge in [0.25, 0.3) is 0 Å². The van der Waals surface area contributed by atoms with Crippen LogP contribution in [0.3, 0.4) is 0 Å². The number of imidazole rings is 1. The zero-order valence-corrected chi connectivity index (χ0v) is 7.44. The second kappa shape index (κ2) is 2.39.